The average Bonchev–Trinajstić information content (AvgIpc) is 3.09. The minimum atomic E-state index is -3.63. The van der Waals surface area contributed by atoms with Crippen molar-refractivity contribution in [2.24, 2.45) is 5.92 Å². The topological polar surface area (TPSA) is 111 Å². The largest absolute Gasteiger partial charge is 0.360 e. The normalized spacial score (nSPS) is 16.1. The van der Waals surface area contributed by atoms with Gasteiger partial charge in [0.2, 0.25) is 10.0 Å². The second kappa shape index (κ2) is 8.11. The molecule has 0 amide bonds. The Morgan fingerprint density at radius 3 is 2.47 bits per heavy atom. The molecule has 1 saturated heterocycles. The highest BCUT2D eigenvalue weighted by Crippen LogP contribution is 2.28. The first-order valence-electron chi connectivity index (χ1n) is 9.76. The Balaban J connectivity index is 1.42. The van der Waals surface area contributed by atoms with E-state index in [1.54, 1.807) is 49.3 Å². The van der Waals surface area contributed by atoms with Crippen molar-refractivity contribution < 1.29 is 12.9 Å². The molecule has 0 N–H and O–H groups in total. The van der Waals surface area contributed by atoms with E-state index in [-0.39, 0.29) is 16.4 Å². The molecule has 0 aliphatic carbocycles. The molecular formula is C20H23N5O4S. The monoisotopic (exact) mass is 429 g/mol. The van der Waals surface area contributed by atoms with Gasteiger partial charge in [-0.25, -0.2) is 13.4 Å². The summed E-state index contributed by atoms with van der Waals surface area (Å²) in [7, 11) is -3.63. The second-order valence-corrected chi connectivity index (χ2v) is 9.38. The van der Waals surface area contributed by atoms with Crippen molar-refractivity contribution in [3.63, 3.8) is 0 Å². The number of hydrogen-bond acceptors (Lipinski definition) is 7. The zero-order valence-electron chi connectivity index (χ0n) is 16.9. The molecule has 30 heavy (non-hydrogen) atoms. The summed E-state index contributed by atoms with van der Waals surface area (Å²) in [5.41, 5.74) is 1.70. The highest BCUT2D eigenvalue weighted by Gasteiger charge is 2.33. The van der Waals surface area contributed by atoms with Crippen LogP contribution in [0.15, 0.2) is 51.1 Å². The molecule has 1 aliphatic heterocycles. The summed E-state index contributed by atoms with van der Waals surface area (Å²) in [6.45, 7) is 4.55. The Morgan fingerprint density at radius 2 is 1.87 bits per heavy atom. The summed E-state index contributed by atoms with van der Waals surface area (Å²) in [6, 6.07) is 5.13. The van der Waals surface area contributed by atoms with Crippen LogP contribution in [0.4, 0.5) is 0 Å². The molecule has 158 valence electrons. The first kappa shape index (κ1) is 20.4. The number of hydrogen-bond donors (Lipinski definition) is 0. The van der Waals surface area contributed by atoms with E-state index in [9.17, 15) is 13.2 Å². The van der Waals surface area contributed by atoms with E-state index in [0.29, 0.717) is 49.6 Å². The Bertz CT molecular complexity index is 1180. The van der Waals surface area contributed by atoms with Crippen LogP contribution in [-0.4, -0.2) is 45.5 Å². The van der Waals surface area contributed by atoms with Crippen LogP contribution in [-0.2, 0) is 16.6 Å². The van der Waals surface area contributed by atoms with Gasteiger partial charge in [-0.15, -0.1) is 0 Å². The summed E-state index contributed by atoms with van der Waals surface area (Å²) in [4.78, 5) is 21.0. The number of nitrogens with zero attached hydrogens (tertiary/aromatic N) is 5. The molecule has 1 aliphatic rings. The van der Waals surface area contributed by atoms with Crippen LogP contribution in [0.25, 0.3) is 11.3 Å². The number of piperidine rings is 1. The van der Waals surface area contributed by atoms with Crippen LogP contribution < -0.4 is 5.56 Å². The second-order valence-electron chi connectivity index (χ2n) is 7.50. The molecule has 0 unspecified atom stereocenters. The SMILES string of the molecule is Cc1noc(C)c1S(=O)(=O)N1CCC(Cn2cnc(-c3ccncc3)cc2=O)CC1. The van der Waals surface area contributed by atoms with E-state index in [0.717, 1.165) is 5.56 Å². The van der Waals surface area contributed by atoms with Crippen LogP contribution in [0.3, 0.4) is 0 Å². The van der Waals surface area contributed by atoms with Gasteiger partial charge in [-0.05, 0) is 44.7 Å². The minimum Gasteiger partial charge on any atom is -0.360 e. The standard InChI is InChI=1S/C20H23N5O4S/c1-14-20(15(2)29-23-14)30(27,28)25-9-5-16(6-10-25)12-24-13-22-18(11-19(24)26)17-3-7-21-8-4-17/h3-4,7-8,11,13,16H,5-6,9-10,12H2,1-2H3. The molecule has 1 fully saturated rings. The maximum absolute atomic E-state index is 12.9. The minimum absolute atomic E-state index is 0.123. The molecule has 3 aromatic heterocycles. The van der Waals surface area contributed by atoms with Gasteiger partial charge in [-0.1, -0.05) is 5.16 Å². The van der Waals surface area contributed by atoms with Crippen molar-refractivity contribution in [2.75, 3.05) is 13.1 Å². The lowest BCUT2D eigenvalue weighted by Gasteiger charge is -2.31. The molecule has 0 saturated carbocycles. The van der Waals surface area contributed by atoms with Crippen molar-refractivity contribution in [3.8, 4) is 11.3 Å². The smallest absolute Gasteiger partial charge is 0.253 e. The van der Waals surface area contributed by atoms with E-state index < -0.39 is 10.0 Å². The molecule has 0 atom stereocenters. The van der Waals surface area contributed by atoms with E-state index in [1.807, 2.05) is 0 Å². The summed E-state index contributed by atoms with van der Waals surface area (Å²) in [5, 5.41) is 3.76. The first-order chi connectivity index (χ1) is 14.4. The predicted octanol–water partition coefficient (Wildman–Crippen LogP) is 2.01. The van der Waals surface area contributed by atoms with Gasteiger partial charge in [-0.3, -0.25) is 14.3 Å². The van der Waals surface area contributed by atoms with Crippen molar-refractivity contribution in [1.82, 2.24) is 24.0 Å². The molecule has 4 heterocycles. The van der Waals surface area contributed by atoms with Gasteiger partial charge < -0.3 is 4.52 Å². The van der Waals surface area contributed by atoms with Gasteiger partial charge in [0.1, 0.15) is 10.6 Å². The van der Waals surface area contributed by atoms with Crippen molar-refractivity contribution in [2.45, 2.75) is 38.1 Å². The maximum atomic E-state index is 12.9. The summed E-state index contributed by atoms with van der Waals surface area (Å²) in [6.07, 6.45) is 6.22. The molecule has 0 radical (unpaired) electrons. The van der Waals surface area contributed by atoms with Crippen LogP contribution in [0.5, 0.6) is 0 Å². The Kier molecular flexibility index (Phi) is 5.52. The molecule has 0 aromatic carbocycles. The third kappa shape index (κ3) is 3.92. The number of rotatable bonds is 5. The van der Waals surface area contributed by atoms with Gasteiger partial charge >= 0.3 is 0 Å². The van der Waals surface area contributed by atoms with E-state index >= 15 is 0 Å². The molecule has 4 rings (SSSR count). The Morgan fingerprint density at radius 1 is 1.17 bits per heavy atom. The highest BCUT2D eigenvalue weighted by atomic mass is 32.2. The summed E-state index contributed by atoms with van der Waals surface area (Å²) >= 11 is 0. The molecule has 9 nitrogen and oxygen atoms in total. The number of aromatic nitrogens is 4. The van der Waals surface area contributed by atoms with Crippen molar-refractivity contribution in [1.29, 1.82) is 0 Å². The third-order valence-corrected chi connectivity index (χ3v) is 7.59. The van der Waals surface area contributed by atoms with E-state index in [1.165, 1.54) is 10.4 Å². The lowest BCUT2D eigenvalue weighted by atomic mass is 9.98. The lowest BCUT2D eigenvalue weighted by Crippen LogP contribution is -2.40. The summed E-state index contributed by atoms with van der Waals surface area (Å²) in [5.74, 6) is 0.508. The Hall–Kier alpha value is -2.85. The highest BCUT2D eigenvalue weighted by molar-refractivity contribution is 7.89. The third-order valence-electron chi connectivity index (χ3n) is 5.45. The molecule has 10 heteroatoms. The first-order valence-corrected chi connectivity index (χ1v) is 11.2. The van der Waals surface area contributed by atoms with Crippen molar-refractivity contribution in [3.05, 3.63) is 58.7 Å². The van der Waals surface area contributed by atoms with Gasteiger partial charge in [0.05, 0.1) is 12.0 Å². The average molecular weight is 430 g/mol. The zero-order valence-corrected chi connectivity index (χ0v) is 17.7. The van der Waals surface area contributed by atoms with E-state index in [2.05, 4.69) is 15.1 Å². The predicted molar refractivity (Wildman–Crippen MR) is 109 cm³/mol. The van der Waals surface area contributed by atoms with Crippen molar-refractivity contribution >= 4 is 10.0 Å². The number of pyridine rings is 1. The van der Waals surface area contributed by atoms with Gasteiger partial charge in [0, 0.05) is 43.7 Å². The van der Waals surface area contributed by atoms with Crippen LogP contribution in [0.1, 0.15) is 24.3 Å². The molecule has 3 aromatic rings. The lowest BCUT2D eigenvalue weighted by molar-refractivity contribution is 0.250. The fraction of sp³-hybridized carbons (Fsp3) is 0.400. The molecular weight excluding hydrogens is 406 g/mol. The molecule has 0 spiro atoms. The zero-order chi connectivity index (χ0) is 21.3. The number of aryl methyl sites for hydroxylation is 2. The maximum Gasteiger partial charge on any atom is 0.253 e. The fourth-order valence-corrected chi connectivity index (χ4v) is 5.59. The van der Waals surface area contributed by atoms with Crippen LogP contribution >= 0.6 is 0 Å². The molecule has 0 bridgehead atoms. The Labute approximate surface area is 174 Å². The summed E-state index contributed by atoms with van der Waals surface area (Å²) < 4.78 is 34.0. The van der Waals surface area contributed by atoms with Gasteiger partial charge in [0.15, 0.2) is 5.76 Å². The van der Waals surface area contributed by atoms with Crippen LogP contribution in [0.2, 0.25) is 0 Å². The fourth-order valence-electron chi connectivity index (χ4n) is 3.83. The quantitative estimate of drug-likeness (QED) is 0.610. The number of sulfonamides is 1. The van der Waals surface area contributed by atoms with E-state index in [4.69, 9.17) is 4.52 Å². The van der Waals surface area contributed by atoms with Gasteiger partial charge in [0.25, 0.3) is 5.56 Å². The van der Waals surface area contributed by atoms with Gasteiger partial charge in [-0.2, -0.15) is 4.31 Å². The van der Waals surface area contributed by atoms with Crippen LogP contribution in [0, 0.1) is 19.8 Å².